The van der Waals surface area contributed by atoms with Gasteiger partial charge in [-0.25, -0.2) is 0 Å². The number of hydrogen-bond donors (Lipinski definition) is 16. The largest absolute Gasteiger partial charge is 0.506 e. The van der Waals surface area contributed by atoms with E-state index in [2.05, 4.69) is 69.1 Å². The molecule has 11 aromatic carbocycles. The maximum Gasteiger partial charge on any atom is 0.416 e. The number of carbonyl (C=O) groups excluding carboxylic acids is 5. The highest BCUT2D eigenvalue weighted by atomic mass is 79.9. The zero-order chi connectivity index (χ0) is 92.1. The number of hydrogen-bond acceptors (Lipinski definition) is 16. The number of carbonyl (C=O) groups is 5. The molecular weight excluding hydrogens is 1760 g/mol. The summed E-state index contributed by atoms with van der Waals surface area (Å²) in [6.07, 6.45) is -9.13. The first-order valence-electron chi connectivity index (χ1n) is 37.2. The second-order valence-electron chi connectivity index (χ2n) is 28.6. The average Bonchev–Trinajstić information content (AvgIpc) is 0.818. The van der Waals surface area contributed by atoms with Crippen LogP contribution in [0.15, 0.2) is 199 Å². The Bertz CT molecular complexity index is 5810. The minimum absolute atomic E-state index is 0.00345. The number of alkyl halides is 6. The molecule has 16 N–H and O–H groups in total. The Balaban J connectivity index is 0.000000213. The van der Waals surface area contributed by atoms with E-state index in [4.69, 9.17) is 61.1 Å². The van der Waals surface area contributed by atoms with Crippen molar-refractivity contribution in [3.05, 3.63) is 310 Å². The quantitative estimate of drug-likeness (QED) is 0.0325. The molecule has 0 aliphatic carbocycles. The number of rotatable bonds is 11. The second-order valence-corrected chi connectivity index (χ2v) is 31.5. The van der Waals surface area contributed by atoms with Gasteiger partial charge in [-0.15, -0.1) is 0 Å². The highest BCUT2D eigenvalue weighted by Crippen LogP contribution is 2.40. The summed E-state index contributed by atoms with van der Waals surface area (Å²) in [5, 5.41) is 85.0. The van der Waals surface area contributed by atoms with Crippen LogP contribution in [-0.4, -0.2) is 85.7 Å². The Labute approximate surface area is 747 Å². The smallest absolute Gasteiger partial charge is 0.416 e. The monoisotopic (exact) mass is 1850 g/mol. The molecule has 5 amide bonds. The highest BCUT2D eigenvalue weighted by Gasteiger charge is 2.33. The van der Waals surface area contributed by atoms with Crippen LogP contribution in [-0.2, 0) is 12.4 Å². The number of benzene rings is 11. The lowest BCUT2D eigenvalue weighted by Crippen LogP contribution is -2.34. The van der Waals surface area contributed by atoms with Crippen molar-refractivity contribution in [3.63, 3.8) is 0 Å². The molecule has 11 aromatic rings. The maximum atomic E-state index is 12.8. The van der Waals surface area contributed by atoms with E-state index in [0.717, 1.165) is 101 Å². The van der Waals surface area contributed by atoms with Gasteiger partial charge in [-0.3, -0.25) is 50.6 Å². The SMILES string of the molecule is Cc1cc(C)cc(C(=O)NC(=S)Nc2c(C)cc(C(F)(F)F)cc2O)c1.Cc1cc(C)cc(C(=O)NC(=S)Nc2c(O)cc(C)c(Br)c2C)c1.Cc1cc(C)cc(C(=O)NC(=S)Nc2c(O)cccc2O)c1.Cc1cc(C)cc(C(=O)NC(=S)Nc2cc(-c3ccccc3)ccc2O)c1.Cc1cc(C)cc(C(=O)NC(=S)Nc2cc(C(F)(F)F)ccc2O)c1. The van der Waals surface area contributed by atoms with E-state index in [1.54, 1.807) is 78.9 Å². The molecule has 11 rings (SSSR count). The number of phenolic OH excluding ortho intramolecular Hbond substituents is 6. The fourth-order valence-electron chi connectivity index (χ4n) is 12.3. The van der Waals surface area contributed by atoms with Crippen molar-refractivity contribution in [1.29, 1.82) is 0 Å². The van der Waals surface area contributed by atoms with E-state index in [-0.39, 0.29) is 88.9 Å². The van der Waals surface area contributed by atoms with Crippen molar-refractivity contribution < 1.29 is 81.0 Å². The van der Waals surface area contributed by atoms with Crippen LogP contribution in [0.4, 0.5) is 54.8 Å². The molecule has 0 unspecified atom stereocenters. The van der Waals surface area contributed by atoms with Gasteiger partial charge in [0, 0.05) is 32.3 Å². The first-order chi connectivity index (χ1) is 58.0. The number of anilines is 5. The van der Waals surface area contributed by atoms with Crippen LogP contribution in [0.5, 0.6) is 34.5 Å². The van der Waals surface area contributed by atoms with Gasteiger partial charge >= 0.3 is 12.4 Å². The molecule has 21 nitrogen and oxygen atoms in total. The fraction of sp³-hybridized carbons (Fsp3) is 0.165. The molecule has 0 aromatic heterocycles. The Morgan fingerprint density at radius 3 is 0.927 bits per heavy atom. The van der Waals surface area contributed by atoms with Gasteiger partial charge in [0.25, 0.3) is 29.5 Å². The van der Waals surface area contributed by atoms with Crippen molar-refractivity contribution in [2.45, 2.75) is 102 Å². The summed E-state index contributed by atoms with van der Waals surface area (Å²) < 4.78 is 77.3. The van der Waals surface area contributed by atoms with Gasteiger partial charge in [0.1, 0.15) is 40.2 Å². The molecule has 0 heterocycles. The predicted molar refractivity (Wildman–Crippen MR) is 498 cm³/mol. The number of para-hydroxylation sites is 1. The Morgan fingerprint density at radius 1 is 0.282 bits per heavy atom. The lowest BCUT2D eigenvalue weighted by atomic mass is 10.0. The van der Waals surface area contributed by atoms with Gasteiger partial charge in [0.05, 0.1) is 33.9 Å². The summed E-state index contributed by atoms with van der Waals surface area (Å²) in [6.45, 7) is 24.1. The van der Waals surface area contributed by atoms with Gasteiger partial charge in [0.15, 0.2) is 25.6 Å². The van der Waals surface area contributed by atoms with Crippen LogP contribution in [0.2, 0.25) is 0 Å². The first kappa shape index (κ1) is 98.2. The summed E-state index contributed by atoms with van der Waals surface area (Å²) >= 11 is 28.9. The second kappa shape index (κ2) is 43.7. The highest BCUT2D eigenvalue weighted by molar-refractivity contribution is 9.10. The molecule has 0 bridgehead atoms. The molecule has 0 spiro atoms. The number of amides is 5. The molecule has 646 valence electrons. The maximum absolute atomic E-state index is 12.8. The molecular formula is C91H87BrF6N10O11S5. The topological polar surface area (TPSA) is 327 Å². The van der Waals surface area contributed by atoms with Gasteiger partial charge < -0.3 is 57.2 Å². The van der Waals surface area contributed by atoms with Crippen molar-refractivity contribution >= 4 is 161 Å². The molecule has 0 fully saturated rings. The molecule has 124 heavy (non-hydrogen) atoms. The van der Waals surface area contributed by atoms with Crippen molar-refractivity contribution in [3.8, 4) is 45.6 Å². The van der Waals surface area contributed by atoms with Crippen LogP contribution in [0.3, 0.4) is 0 Å². The number of nitrogens with one attached hydrogen (secondary N) is 10. The Kier molecular flexibility index (Phi) is 34.6. The van der Waals surface area contributed by atoms with E-state index >= 15 is 0 Å². The van der Waals surface area contributed by atoms with Gasteiger partial charge in [-0.1, -0.05) is 144 Å². The fourth-order valence-corrected chi connectivity index (χ4v) is 13.6. The Hall–Kier alpha value is -12.9. The van der Waals surface area contributed by atoms with Gasteiger partial charge in [-0.05, 0) is 300 Å². The molecule has 33 heteroatoms. The van der Waals surface area contributed by atoms with Crippen molar-refractivity contribution in [1.82, 2.24) is 26.6 Å². The zero-order valence-corrected chi connectivity index (χ0v) is 74.6. The zero-order valence-electron chi connectivity index (χ0n) is 68.9. The molecule has 0 radical (unpaired) electrons. The number of aryl methyl sites for hydroxylation is 12. The number of phenols is 6. The third-order valence-electron chi connectivity index (χ3n) is 17.5. The molecule has 0 saturated carbocycles. The first-order valence-corrected chi connectivity index (χ1v) is 40.1. The molecule has 0 saturated heterocycles. The summed E-state index contributed by atoms with van der Waals surface area (Å²) in [4.78, 5) is 61.3. The number of halogens is 7. The van der Waals surface area contributed by atoms with E-state index < -0.39 is 46.8 Å². The van der Waals surface area contributed by atoms with E-state index in [9.17, 15) is 81.0 Å². The summed E-state index contributed by atoms with van der Waals surface area (Å²) in [5.41, 5.74) is 14.5. The minimum atomic E-state index is -4.57. The predicted octanol–water partition coefficient (Wildman–Crippen LogP) is 20.8. The minimum Gasteiger partial charge on any atom is -0.506 e. The summed E-state index contributed by atoms with van der Waals surface area (Å²) in [5.74, 6) is -3.13. The molecule has 0 aliphatic heterocycles. The van der Waals surface area contributed by atoms with E-state index in [1.165, 1.54) is 25.1 Å². The van der Waals surface area contributed by atoms with Gasteiger partial charge in [-0.2, -0.15) is 26.3 Å². The van der Waals surface area contributed by atoms with E-state index in [0.29, 0.717) is 51.3 Å². The third kappa shape index (κ3) is 29.7. The summed E-state index contributed by atoms with van der Waals surface area (Å²) in [7, 11) is 0. The van der Waals surface area contributed by atoms with Crippen LogP contribution in [0.1, 0.15) is 135 Å². The van der Waals surface area contributed by atoms with Crippen LogP contribution >= 0.6 is 77.0 Å². The normalized spacial score (nSPS) is 10.6. The van der Waals surface area contributed by atoms with E-state index in [1.807, 2.05) is 150 Å². The van der Waals surface area contributed by atoms with Crippen molar-refractivity contribution in [2.75, 3.05) is 26.6 Å². The van der Waals surface area contributed by atoms with Gasteiger partial charge in [0.2, 0.25) is 0 Å². The van der Waals surface area contributed by atoms with Crippen molar-refractivity contribution in [2.24, 2.45) is 0 Å². The molecule has 0 atom stereocenters. The van der Waals surface area contributed by atoms with Crippen LogP contribution < -0.4 is 53.2 Å². The number of aromatic hydroxyl groups is 6. The summed E-state index contributed by atoms with van der Waals surface area (Å²) in [6, 6.07) is 52.0. The lowest BCUT2D eigenvalue weighted by molar-refractivity contribution is -0.138. The molecule has 0 aliphatic rings. The average molecular weight is 1850 g/mol. The third-order valence-corrected chi connectivity index (χ3v) is 19.8. The standard InChI is InChI=1S/C22H20N2O2S.C18H19BrN2O2S.C18H17F3N2O2S.C17H15F3N2O2S.C16H16N2O3S/c1-14-10-15(2)12-18(11-14)21(26)24-22(27)23-19-13-17(8-9-20(19)25)16-6-4-3-5-7-16;1-9-5-10(2)7-13(6-9)17(23)21-18(24)20-16-12(4)15(19)11(3)8-14(16)22;1-9-4-10(2)6-12(5-9)16(25)23-17(26)22-15-11(3)7-13(8-14(15)24)18(19,20)21;1-9-5-10(2)7-11(6-9)15(24)22-16(25)21-13-8-12(17(18,19)20)3-4-14(13)23;1-9-6-10(2)8-11(7-9)15(21)18-16(22)17-14-12(19)4-3-5-13(14)20/h3-13,25H,1-2H3,(H2,23,24,26,27);5-8,22H,1-4H3,(H2,20,21,23,24);4-8,24H,1-3H3,(H2,22,23,25,26);3-8,23H,1-2H3,(H2,21,22,24,25);3-8,19-20H,1-2H3,(H2,17,18,21,22). The number of thiocarbonyl (C=S) groups is 5. The van der Waals surface area contributed by atoms with Crippen LogP contribution in [0.25, 0.3) is 11.1 Å². The Morgan fingerprint density at radius 2 is 0.589 bits per heavy atom. The van der Waals surface area contributed by atoms with Crippen LogP contribution in [0, 0.1) is 90.0 Å². The lowest BCUT2D eigenvalue weighted by Gasteiger charge is -2.16.